The molecule has 0 aromatic rings. The third-order valence-electron chi connectivity index (χ3n) is 4.71. The van der Waals surface area contributed by atoms with E-state index in [1.165, 1.54) is 0 Å². The fourth-order valence-electron chi connectivity index (χ4n) is 3.57. The first-order chi connectivity index (χ1) is 9.47. The Balaban J connectivity index is 2.05. The second kappa shape index (κ2) is 6.44. The molecule has 0 saturated heterocycles. The minimum absolute atomic E-state index is 0.415. The Morgan fingerprint density at radius 2 is 2.10 bits per heavy atom. The highest BCUT2D eigenvalue weighted by molar-refractivity contribution is 5.79. The molecule has 2 atom stereocenters. The molecule has 2 rings (SSSR count). The maximum Gasteiger partial charge on any atom is 0.323 e. The number of aliphatic carboxylic acids is 1. The molecular formula is C16H30N2O2. The summed E-state index contributed by atoms with van der Waals surface area (Å²) < 4.78 is 0. The SMILES string of the molecule is CCN(CC(C)C)C1CCCC(NC2CC2)(C(=O)O)C1. The van der Waals surface area contributed by atoms with E-state index in [1.807, 2.05) is 0 Å². The molecule has 0 aliphatic heterocycles. The van der Waals surface area contributed by atoms with Gasteiger partial charge in [0.15, 0.2) is 0 Å². The monoisotopic (exact) mass is 282 g/mol. The molecule has 2 saturated carbocycles. The van der Waals surface area contributed by atoms with Gasteiger partial charge in [0.2, 0.25) is 0 Å². The number of hydrogen-bond donors (Lipinski definition) is 2. The van der Waals surface area contributed by atoms with Crippen molar-refractivity contribution in [3.05, 3.63) is 0 Å². The van der Waals surface area contributed by atoms with Crippen molar-refractivity contribution in [1.82, 2.24) is 10.2 Å². The van der Waals surface area contributed by atoms with Crippen LogP contribution in [0.3, 0.4) is 0 Å². The lowest BCUT2D eigenvalue weighted by atomic mass is 9.78. The molecule has 0 radical (unpaired) electrons. The van der Waals surface area contributed by atoms with Crippen LogP contribution in [-0.4, -0.2) is 46.7 Å². The molecule has 0 bridgehead atoms. The topological polar surface area (TPSA) is 52.6 Å². The van der Waals surface area contributed by atoms with E-state index >= 15 is 0 Å². The molecular weight excluding hydrogens is 252 g/mol. The maximum absolute atomic E-state index is 11.8. The van der Waals surface area contributed by atoms with Crippen LogP contribution in [0.2, 0.25) is 0 Å². The maximum atomic E-state index is 11.8. The molecule has 0 aromatic carbocycles. The number of nitrogens with one attached hydrogen (secondary N) is 1. The Morgan fingerprint density at radius 3 is 2.60 bits per heavy atom. The summed E-state index contributed by atoms with van der Waals surface area (Å²) in [6, 6.07) is 0.864. The highest BCUT2D eigenvalue weighted by Gasteiger charge is 2.46. The molecule has 4 nitrogen and oxygen atoms in total. The van der Waals surface area contributed by atoms with Crippen molar-refractivity contribution in [3.63, 3.8) is 0 Å². The number of nitrogens with zero attached hydrogens (tertiary/aromatic N) is 1. The summed E-state index contributed by atoms with van der Waals surface area (Å²) in [7, 11) is 0. The van der Waals surface area contributed by atoms with Crippen LogP contribution in [0.5, 0.6) is 0 Å². The van der Waals surface area contributed by atoms with Gasteiger partial charge in [-0.1, -0.05) is 20.8 Å². The lowest BCUT2D eigenvalue weighted by Gasteiger charge is -2.43. The third-order valence-corrected chi connectivity index (χ3v) is 4.71. The number of carboxylic acid groups (broad SMARTS) is 1. The van der Waals surface area contributed by atoms with Crippen molar-refractivity contribution in [3.8, 4) is 0 Å². The van der Waals surface area contributed by atoms with Crippen LogP contribution in [0.4, 0.5) is 0 Å². The van der Waals surface area contributed by atoms with Gasteiger partial charge in [-0.2, -0.15) is 0 Å². The summed E-state index contributed by atoms with van der Waals surface area (Å²) >= 11 is 0. The van der Waals surface area contributed by atoms with Gasteiger partial charge < -0.3 is 10.0 Å². The van der Waals surface area contributed by atoms with Crippen LogP contribution in [0, 0.1) is 5.92 Å². The predicted octanol–water partition coefficient (Wildman–Crippen LogP) is 2.48. The number of carbonyl (C=O) groups is 1. The first-order valence-corrected chi connectivity index (χ1v) is 8.22. The normalized spacial score (nSPS) is 30.9. The molecule has 0 spiro atoms. The van der Waals surface area contributed by atoms with Crippen molar-refractivity contribution in [2.24, 2.45) is 5.92 Å². The van der Waals surface area contributed by atoms with E-state index in [4.69, 9.17) is 0 Å². The van der Waals surface area contributed by atoms with Gasteiger partial charge >= 0.3 is 5.97 Å². The molecule has 2 aliphatic rings. The Kier molecular flexibility index (Phi) is 5.08. The minimum atomic E-state index is -0.672. The molecule has 2 fully saturated rings. The summed E-state index contributed by atoms with van der Waals surface area (Å²) in [4.78, 5) is 14.3. The van der Waals surface area contributed by atoms with E-state index in [-0.39, 0.29) is 0 Å². The molecule has 20 heavy (non-hydrogen) atoms. The third kappa shape index (κ3) is 3.73. The van der Waals surface area contributed by atoms with Gasteiger partial charge in [-0.05, 0) is 51.0 Å². The number of carboxylic acids is 1. The van der Waals surface area contributed by atoms with E-state index in [0.717, 1.165) is 51.6 Å². The van der Waals surface area contributed by atoms with Crippen LogP contribution in [0.25, 0.3) is 0 Å². The van der Waals surface area contributed by atoms with Gasteiger partial charge in [0.25, 0.3) is 0 Å². The van der Waals surface area contributed by atoms with Gasteiger partial charge in [-0.25, -0.2) is 0 Å². The van der Waals surface area contributed by atoms with Crippen LogP contribution in [0.1, 0.15) is 59.3 Å². The van der Waals surface area contributed by atoms with Crippen LogP contribution in [0.15, 0.2) is 0 Å². The molecule has 0 amide bonds. The van der Waals surface area contributed by atoms with Gasteiger partial charge in [-0.15, -0.1) is 0 Å². The summed E-state index contributed by atoms with van der Waals surface area (Å²) in [5.41, 5.74) is -0.672. The largest absolute Gasteiger partial charge is 0.480 e. The van der Waals surface area contributed by atoms with Gasteiger partial charge in [-0.3, -0.25) is 10.1 Å². The predicted molar refractivity (Wildman–Crippen MR) is 80.9 cm³/mol. The van der Waals surface area contributed by atoms with Crippen LogP contribution < -0.4 is 5.32 Å². The lowest BCUT2D eigenvalue weighted by molar-refractivity contribution is -0.147. The number of rotatable bonds is 7. The quantitative estimate of drug-likeness (QED) is 0.753. The van der Waals surface area contributed by atoms with Gasteiger partial charge in [0.1, 0.15) is 5.54 Å². The summed E-state index contributed by atoms with van der Waals surface area (Å²) in [5.74, 6) is -0.0119. The van der Waals surface area contributed by atoms with Crippen molar-refractivity contribution < 1.29 is 9.90 Å². The average molecular weight is 282 g/mol. The van der Waals surface area contributed by atoms with E-state index in [0.29, 0.717) is 18.0 Å². The van der Waals surface area contributed by atoms with Crippen LogP contribution in [-0.2, 0) is 4.79 Å². The van der Waals surface area contributed by atoms with Crippen LogP contribution >= 0.6 is 0 Å². The van der Waals surface area contributed by atoms with E-state index in [1.54, 1.807) is 0 Å². The highest BCUT2D eigenvalue weighted by Crippen LogP contribution is 2.35. The summed E-state index contributed by atoms with van der Waals surface area (Å²) in [5, 5.41) is 13.2. The Morgan fingerprint density at radius 1 is 1.40 bits per heavy atom. The zero-order valence-electron chi connectivity index (χ0n) is 13.2. The van der Waals surface area contributed by atoms with E-state index in [9.17, 15) is 9.90 Å². The molecule has 116 valence electrons. The second-order valence-electron chi connectivity index (χ2n) is 7.04. The molecule has 0 heterocycles. The molecule has 4 heteroatoms. The first kappa shape index (κ1) is 15.8. The molecule has 2 unspecified atom stereocenters. The minimum Gasteiger partial charge on any atom is -0.480 e. The average Bonchev–Trinajstić information content (AvgIpc) is 3.19. The van der Waals surface area contributed by atoms with E-state index < -0.39 is 11.5 Å². The second-order valence-corrected chi connectivity index (χ2v) is 7.04. The van der Waals surface area contributed by atoms with Crippen molar-refractivity contribution >= 4 is 5.97 Å². The Hall–Kier alpha value is -0.610. The summed E-state index contributed by atoms with van der Waals surface area (Å²) in [6.45, 7) is 8.74. The Labute approximate surface area is 122 Å². The Bertz CT molecular complexity index is 341. The number of hydrogen-bond acceptors (Lipinski definition) is 3. The molecule has 2 aliphatic carbocycles. The lowest BCUT2D eigenvalue weighted by Crippen LogP contribution is -2.59. The van der Waals surface area contributed by atoms with Gasteiger partial charge in [0.05, 0.1) is 0 Å². The van der Waals surface area contributed by atoms with Gasteiger partial charge in [0, 0.05) is 18.6 Å². The molecule has 0 aromatic heterocycles. The zero-order valence-corrected chi connectivity index (χ0v) is 13.2. The smallest absolute Gasteiger partial charge is 0.323 e. The zero-order chi connectivity index (χ0) is 14.8. The highest BCUT2D eigenvalue weighted by atomic mass is 16.4. The first-order valence-electron chi connectivity index (χ1n) is 8.22. The van der Waals surface area contributed by atoms with Crippen molar-refractivity contribution in [2.45, 2.75) is 76.9 Å². The fourth-order valence-corrected chi connectivity index (χ4v) is 3.57. The van der Waals surface area contributed by atoms with E-state index in [2.05, 4.69) is 31.0 Å². The summed E-state index contributed by atoms with van der Waals surface area (Å²) in [6.07, 6.45) is 5.99. The molecule has 2 N–H and O–H groups in total. The fraction of sp³-hybridized carbons (Fsp3) is 0.938. The standard InChI is InChI=1S/C16H30N2O2/c1-4-18(11-12(2)3)14-6-5-9-16(10-14,15(19)20)17-13-7-8-13/h12-14,17H,4-11H2,1-3H3,(H,19,20). The van der Waals surface area contributed by atoms with Crippen molar-refractivity contribution in [1.29, 1.82) is 0 Å². The van der Waals surface area contributed by atoms with Crippen molar-refractivity contribution in [2.75, 3.05) is 13.1 Å².